The maximum atomic E-state index is 12.6. The maximum absolute atomic E-state index is 12.6. The normalized spacial score (nSPS) is 13.4. The molecule has 0 aliphatic heterocycles. The van der Waals surface area contributed by atoms with Crippen LogP contribution in [0.3, 0.4) is 0 Å². The number of aryl methyl sites for hydroxylation is 2. The van der Waals surface area contributed by atoms with E-state index >= 15 is 0 Å². The van der Waals surface area contributed by atoms with Gasteiger partial charge in [-0.25, -0.2) is 13.1 Å². The third kappa shape index (κ3) is 6.29. The van der Waals surface area contributed by atoms with E-state index in [0.29, 0.717) is 10.7 Å². The van der Waals surface area contributed by atoms with Crippen molar-refractivity contribution < 1.29 is 18.0 Å². The first-order valence-corrected chi connectivity index (χ1v) is 12.0. The largest absolute Gasteiger partial charge is 0.336 e. The van der Waals surface area contributed by atoms with Crippen LogP contribution in [0.5, 0.6) is 0 Å². The molecule has 0 saturated carbocycles. The molecule has 0 bridgehead atoms. The van der Waals surface area contributed by atoms with Crippen molar-refractivity contribution in [3.63, 3.8) is 0 Å². The second kappa shape index (κ2) is 10.3. The van der Waals surface area contributed by atoms with Gasteiger partial charge in [0.2, 0.25) is 21.8 Å². The molecular formula is C22H26ClN3O4S. The van der Waals surface area contributed by atoms with Gasteiger partial charge < -0.3 is 10.2 Å². The van der Waals surface area contributed by atoms with Gasteiger partial charge in [0.25, 0.3) is 0 Å². The van der Waals surface area contributed by atoms with Crippen LogP contribution in [0, 0.1) is 0 Å². The molecule has 1 aliphatic rings. The number of sulfonamides is 1. The van der Waals surface area contributed by atoms with Gasteiger partial charge in [0.05, 0.1) is 22.2 Å². The van der Waals surface area contributed by atoms with E-state index in [1.807, 2.05) is 6.07 Å². The van der Waals surface area contributed by atoms with E-state index in [1.54, 1.807) is 36.4 Å². The van der Waals surface area contributed by atoms with Crippen molar-refractivity contribution in [3.05, 3.63) is 58.6 Å². The number of nitrogens with zero attached hydrogens (tertiary/aromatic N) is 1. The minimum atomic E-state index is -3.70. The predicted octanol–water partition coefficient (Wildman–Crippen LogP) is 2.98. The topological polar surface area (TPSA) is 95.6 Å². The molecule has 7 nitrogen and oxygen atoms in total. The predicted molar refractivity (Wildman–Crippen MR) is 121 cm³/mol. The fraction of sp³-hybridized carbons (Fsp3) is 0.364. The number of rotatable bonds is 8. The summed E-state index contributed by atoms with van der Waals surface area (Å²) in [5.74, 6) is -0.735. The Bertz CT molecular complexity index is 1070. The van der Waals surface area contributed by atoms with Crippen molar-refractivity contribution in [2.75, 3.05) is 25.5 Å². The highest BCUT2D eigenvalue weighted by molar-refractivity contribution is 7.89. The number of carbonyl (C=O) groups excluding carboxylic acids is 2. The molecule has 0 saturated heterocycles. The van der Waals surface area contributed by atoms with Crippen molar-refractivity contribution in [1.82, 2.24) is 9.62 Å². The van der Waals surface area contributed by atoms with Crippen LogP contribution in [0.1, 0.15) is 30.4 Å². The molecular weight excluding hydrogens is 438 g/mol. The van der Waals surface area contributed by atoms with Crippen molar-refractivity contribution in [2.24, 2.45) is 0 Å². The summed E-state index contributed by atoms with van der Waals surface area (Å²) < 4.78 is 27.6. The summed E-state index contributed by atoms with van der Waals surface area (Å²) in [7, 11) is -2.21. The van der Waals surface area contributed by atoms with E-state index in [1.165, 1.54) is 17.5 Å². The van der Waals surface area contributed by atoms with Crippen LogP contribution in [0.2, 0.25) is 5.02 Å². The Kier molecular flexibility index (Phi) is 7.69. The third-order valence-corrected chi connectivity index (χ3v) is 7.00. The summed E-state index contributed by atoms with van der Waals surface area (Å²) in [5.41, 5.74) is 2.75. The van der Waals surface area contributed by atoms with E-state index in [9.17, 15) is 18.0 Å². The van der Waals surface area contributed by atoms with Crippen LogP contribution < -0.4 is 10.0 Å². The number of anilines is 1. The first-order valence-electron chi connectivity index (χ1n) is 10.2. The molecule has 3 rings (SSSR count). The van der Waals surface area contributed by atoms with E-state index in [4.69, 9.17) is 11.6 Å². The third-order valence-electron chi connectivity index (χ3n) is 5.22. The average Bonchev–Trinajstić information content (AvgIpc) is 2.74. The van der Waals surface area contributed by atoms with Gasteiger partial charge in [-0.2, -0.15) is 0 Å². The summed E-state index contributed by atoms with van der Waals surface area (Å²) in [6, 6.07) is 12.0. The summed E-state index contributed by atoms with van der Waals surface area (Å²) in [6.45, 7) is -0.212. The standard InChI is InChI=1S/C22H26ClN3O4S/c1-26(15-21(27)25-20-9-5-4-8-19(20)23)22(28)12-13-24-31(29,30)18-11-10-16-6-2-3-7-17(16)14-18/h4-5,8-11,14,24H,2-3,6-7,12-13,15H2,1H3,(H,25,27). The Morgan fingerprint density at radius 3 is 2.52 bits per heavy atom. The molecule has 2 aromatic carbocycles. The first kappa shape index (κ1) is 23.2. The highest BCUT2D eigenvalue weighted by Crippen LogP contribution is 2.24. The summed E-state index contributed by atoms with van der Waals surface area (Å²) in [6.07, 6.45) is 4.00. The second-order valence-electron chi connectivity index (χ2n) is 7.56. The van der Waals surface area contributed by atoms with Gasteiger partial charge in [0.15, 0.2) is 0 Å². The van der Waals surface area contributed by atoms with Crippen LogP contribution >= 0.6 is 11.6 Å². The monoisotopic (exact) mass is 463 g/mol. The van der Waals surface area contributed by atoms with Gasteiger partial charge >= 0.3 is 0 Å². The molecule has 1 aliphatic carbocycles. The molecule has 166 valence electrons. The molecule has 0 spiro atoms. The van der Waals surface area contributed by atoms with Crippen LogP contribution in [0.25, 0.3) is 0 Å². The Balaban J connectivity index is 1.48. The van der Waals surface area contributed by atoms with Crippen LogP contribution in [0.4, 0.5) is 5.69 Å². The molecule has 0 atom stereocenters. The summed E-state index contributed by atoms with van der Waals surface area (Å²) in [4.78, 5) is 25.9. The molecule has 0 radical (unpaired) electrons. The number of amides is 2. The zero-order chi connectivity index (χ0) is 22.4. The van der Waals surface area contributed by atoms with Gasteiger partial charge in [0, 0.05) is 20.0 Å². The van der Waals surface area contributed by atoms with Gasteiger partial charge in [-0.15, -0.1) is 0 Å². The number of hydrogen-bond acceptors (Lipinski definition) is 4. The zero-order valence-corrected chi connectivity index (χ0v) is 18.9. The smallest absolute Gasteiger partial charge is 0.244 e. The highest BCUT2D eigenvalue weighted by Gasteiger charge is 2.19. The van der Waals surface area contributed by atoms with E-state index < -0.39 is 15.9 Å². The Morgan fingerprint density at radius 2 is 1.77 bits per heavy atom. The minimum Gasteiger partial charge on any atom is -0.336 e. The van der Waals surface area contributed by atoms with Gasteiger partial charge in [-0.05, 0) is 61.1 Å². The minimum absolute atomic E-state index is 0.0469. The molecule has 0 aromatic heterocycles. The van der Waals surface area contributed by atoms with E-state index in [0.717, 1.165) is 31.2 Å². The van der Waals surface area contributed by atoms with Gasteiger partial charge in [-0.3, -0.25) is 9.59 Å². The molecule has 0 fully saturated rings. The molecule has 2 N–H and O–H groups in total. The Morgan fingerprint density at radius 1 is 1.06 bits per heavy atom. The van der Waals surface area contributed by atoms with Crippen LogP contribution in [-0.2, 0) is 32.5 Å². The average molecular weight is 464 g/mol. The van der Waals surface area contributed by atoms with E-state index in [-0.39, 0.29) is 30.3 Å². The lowest BCUT2D eigenvalue weighted by atomic mass is 9.92. The fourth-order valence-corrected chi connectivity index (χ4v) is 4.76. The number of hydrogen-bond donors (Lipinski definition) is 2. The Labute approximate surface area is 187 Å². The lowest BCUT2D eigenvalue weighted by Gasteiger charge is -2.18. The number of para-hydroxylation sites is 1. The number of carbonyl (C=O) groups is 2. The van der Waals surface area contributed by atoms with Crippen molar-refractivity contribution in [1.29, 1.82) is 0 Å². The Hall–Kier alpha value is -2.42. The lowest BCUT2D eigenvalue weighted by molar-refractivity contribution is -0.133. The quantitative estimate of drug-likeness (QED) is 0.629. The number of benzene rings is 2. The fourth-order valence-electron chi connectivity index (χ4n) is 3.50. The number of halogens is 1. The molecule has 31 heavy (non-hydrogen) atoms. The number of likely N-dealkylation sites (N-methyl/N-ethyl adjacent to an activating group) is 1. The van der Waals surface area contributed by atoms with Crippen molar-refractivity contribution in [2.45, 2.75) is 37.0 Å². The number of fused-ring (bicyclic) bond motifs is 1. The summed E-state index contributed by atoms with van der Waals surface area (Å²) >= 11 is 6.01. The molecule has 0 unspecified atom stereocenters. The van der Waals surface area contributed by atoms with Crippen LogP contribution in [0.15, 0.2) is 47.4 Å². The van der Waals surface area contributed by atoms with E-state index in [2.05, 4.69) is 10.0 Å². The van der Waals surface area contributed by atoms with Crippen molar-refractivity contribution in [3.8, 4) is 0 Å². The SMILES string of the molecule is CN(CC(=O)Nc1ccccc1Cl)C(=O)CCNS(=O)(=O)c1ccc2c(c1)CCCC2. The summed E-state index contributed by atoms with van der Waals surface area (Å²) in [5, 5.41) is 3.05. The molecule has 2 aromatic rings. The maximum Gasteiger partial charge on any atom is 0.244 e. The molecule has 9 heteroatoms. The van der Waals surface area contributed by atoms with Crippen LogP contribution in [-0.4, -0.2) is 45.3 Å². The number of nitrogens with one attached hydrogen (secondary N) is 2. The first-order chi connectivity index (χ1) is 14.8. The highest BCUT2D eigenvalue weighted by atomic mass is 35.5. The van der Waals surface area contributed by atoms with Gasteiger partial charge in [-0.1, -0.05) is 29.8 Å². The lowest BCUT2D eigenvalue weighted by Crippen LogP contribution is -2.37. The zero-order valence-electron chi connectivity index (χ0n) is 17.4. The second-order valence-corrected chi connectivity index (χ2v) is 9.74. The molecule has 0 heterocycles. The van der Waals surface area contributed by atoms with Crippen molar-refractivity contribution >= 4 is 39.1 Å². The van der Waals surface area contributed by atoms with Gasteiger partial charge in [0.1, 0.15) is 0 Å². The molecule has 2 amide bonds.